The van der Waals surface area contributed by atoms with Gasteiger partial charge in [0.2, 0.25) is 11.9 Å². The Morgan fingerprint density at radius 1 is 1.08 bits per heavy atom. The SMILES string of the molecule is CC(=O)N1CCC(n2c(-c3ccnc(N(C)c4ccccc4N)n3)c(-c3ccc(F)cc3)c(=O)n2C)CC1. The number of hydrogen-bond donors (Lipinski definition) is 1. The van der Waals surface area contributed by atoms with Crippen LogP contribution >= 0.6 is 0 Å². The Balaban J connectivity index is 1.67. The molecule has 196 valence electrons. The van der Waals surface area contributed by atoms with Crippen molar-refractivity contribution in [3.8, 4) is 22.5 Å². The Morgan fingerprint density at radius 2 is 1.76 bits per heavy atom. The van der Waals surface area contributed by atoms with Gasteiger partial charge in [-0.2, -0.15) is 0 Å². The lowest BCUT2D eigenvalue weighted by Crippen LogP contribution is -2.39. The van der Waals surface area contributed by atoms with Crippen LogP contribution in [0.15, 0.2) is 65.6 Å². The third-order valence-electron chi connectivity index (χ3n) is 7.17. The number of benzene rings is 2. The van der Waals surface area contributed by atoms with Crippen molar-refractivity contribution in [1.29, 1.82) is 0 Å². The van der Waals surface area contributed by atoms with E-state index < -0.39 is 0 Å². The number of rotatable bonds is 5. The Kier molecular flexibility index (Phi) is 6.71. The van der Waals surface area contributed by atoms with Crippen LogP contribution in [0, 0.1) is 5.82 Å². The molecule has 1 aliphatic rings. The number of carbonyl (C=O) groups excluding carboxylic acids is 1. The first kappa shape index (κ1) is 25.2. The molecule has 0 unspecified atom stereocenters. The zero-order valence-corrected chi connectivity index (χ0v) is 21.6. The van der Waals surface area contributed by atoms with E-state index in [1.54, 1.807) is 47.9 Å². The zero-order valence-electron chi connectivity index (χ0n) is 21.6. The van der Waals surface area contributed by atoms with Crippen molar-refractivity contribution >= 4 is 23.2 Å². The van der Waals surface area contributed by atoms with Gasteiger partial charge in [0.15, 0.2) is 0 Å². The van der Waals surface area contributed by atoms with Crippen LogP contribution in [0.5, 0.6) is 0 Å². The number of likely N-dealkylation sites (tertiary alicyclic amines) is 1. The summed E-state index contributed by atoms with van der Waals surface area (Å²) < 4.78 is 17.4. The molecule has 9 nitrogen and oxygen atoms in total. The van der Waals surface area contributed by atoms with Crippen molar-refractivity contribution in [3.63, 3.8) is 0 Å². The van der Waals surface area contributed by atoms with Crippen molar-refractivity contribution < 1.29 is 9.18 Å². The number of nitrogen functional groups attached to an aromatic ring is 1. The van der Waals surface area contributed by atoms with E-state index in [9.17, 15) is 14.0 Å². The van der Waals surface area contributed by atoms with Crippen LogP contribution in [0.3, 0.4) is 0 Å². The fourth-order valence-corrected chi connectivity index (χ4v) is 5.14. The minimum Gasteiger partial charge on any atom is -0.397 e. The quantitative estimate of drug-likeness (QED) is 0.404. The molecule has 2 N–H and O–H groups in total. The van der Waals surface area contributed by atoms with E-state index in [1.165, 1.54) is 12.1 Å². The van der Waals surface area contributed by atoms with Crippen LogP contribution in [0.2, 0.25) is 0 Å². The molecule has 1 aliphatic heterocycles. The number of amides is 1. The van der Waals surface area contributed by atoms with Gasteiger partial charge in [0.1, 0.15) is 5.82 Å². The molecule has 5 rings (SSSR count). The molecule has 1 amide bonds. The van der Waals surface area contributed by atoms with Crippen LogP contribution in [-0.2, 0) is 11.8 Å². The predicted molar refractivity (Wildman–Crippen MR) is 146 cm³/mol. The molecule has 0 atom stereocenters. The minimum atomic E-state index is -0.380. The topological polar surface area (TPSA) is 102 Å². The summed E-state index contributed by atoms with van der Waals surface area (Å²) in [5, 5.41) is 0. The summed E-state index contributed by atoms with van der Waals surface area (Å²) in [6.07, 6.45) is 3.04. The molecule has 1 saturated heterocycles. The molecule has 10 heteroatoms. The highest BCUT2D eigenvalue weighted by Crippen LogP contribution is 2.35. The summed E-state index contributed by atoms with van der Waals surface area (Å²) in [7, 11) is 3.57. The second-order valence-corrected chi connectivity index (χ2v) is 9.50. The summed E-state index contributed by atoms with van der Waals surface area (Å²) in [5.74, 6) is 0.0787. The van der Waals surface area contributed by atoms with Gasteiger partial charge in [0, 0.05) is 40.3 Å². The van der Waals surface area contributed by atoms with Crippen molar-refractivity contribution in [3.05, 3.63) is 77.0 Å². The molecule has 0 saturated carbocycles. The van der Waals surface area contributed by atoms with Gasteiger partial charge in [0.05, 0.1) is 34.4 Å². The second-order valence-electron chi connectivity index (χ2n) is 9.50. The minimum absolute atomic E-state index is 0.0339. The number of piperidine rings is 1. The monoisotopic (exact) mass is 515 g/mol. The maximum atomic E-state index is 13.8. The largest absolute Gasteiger partial charge is 0.397 e. The lowest BCUT2D eigenvalue weighted by atomic mass is 10.0. The first-order valence-electron chi connectivity index (χ1n) is 12.5. The van der Waals surface area contributed by atoms with Crippen LogP contribution in [-0.4, -0.2) is 50.3 Å². The molecule has 0 radical (unpaired) electrons. The van der Waals surface area contributed by atoms with Gasteiger partial charge in [-0.05, 0) is 48.7 Å². The third kappa shape index (κ3) is 4.53. The van der Waals surface area contributed by atoms with Gasteiger partial charge in [0.25, 0.3) is 5.56 Å². The average molecular weight is 516 g/mol. The van der Waals surface area contributed by atoms with E-state index in [0.717, 1.165) is 5.69 Å². The van der Waals surface area contributed by atoms with Gasteiger partial charge in [-0.15, -0.1) is 0 Å². The molecule has 4 aromatic rings. The maximum Gasteiger partial charge on any atom is 0.274 e. The zero-order chi connectivity index (χ0) is 27.0. The summed E-state index contributed by atoms with van der Waals surface area (Å²) in [4.78, 5) is 38.5. The van der Waals surface area contributed by atoms with E-state index >= 15 is 0 Å². The van der Waals surface area contributed by atoms with Crippen molar-refractivity contribution in [1.82, 2.24) is 24.2 Å². The number of carbonyl (C=O) groups is 1. The highest BCUT2D eigenvalue weighted by molar-refractivity contribution is 5.80. The van der Waals surface area contributed by atoms with Gasteiger partial charge in [-0.1, -0.05) is 24.3 Å². The number of aromatic nitrogens is 4. The third-order valence-corrected chi connectivity index (χ3v) is 7.17. The standard InChI is InChI=1S/C28H30FN7O2/c1-18(37)35-16-13-21(14-17-35)36-26(25(27(38)34(36)3)19-8-10-20(29)11-9-19)23-12-15-31-28(32-23)33(2)24-7-5-4-6-22(24)30/h4-12,15,21H,13-14,16-17,30H2,1-3H3. The molecule has 2 aromatic carbocycles. The summed E-state index contributed by atoms with van der Waals surface area (Å²) >= 11 is 0. The Bertz CT molecular complexity index is 1540. The molecule has 3 heterocycles. The smallest absolute Gasteiger partial charge is 0.274 e. The fourth-order valence-electron chi connectivity index (χ4n) is 5.14. The molecular weight excluding hydrogens is 485 g/mol. The van der Waals surface area contributed by atoms with Gasteiger partial charge >= 0.3 is 0 Å². The van der Waals surface area contributed by atoms with Crippen molar-refractivity contribution in [2.75, 3.05) is 30.8 Å². The first-order chi connectivity index (χ1) is 18.3. The normalized spacial score (nSPS) is 14.1. The highest BCUT2D eigenvalue weighted by Gasteiger charge is 2.30. The van der Waals surface area contributed by atoms with E-state index in [-0.39, 0.29) is 23.3 Å². The average Bonchev–Trinajstić information content (AvgIpc) is 3.19. The van der Waals surface area contributed by atoms with E-state index in [4.69, 9.17) is 10.7 Å². The van der Waals surface area contributed by atoms with Crippen LogP contribution in [0.4, 0.5) is 21.7 Å². The van der Waals surface area contributed by atoms with E-state index in [2.05, 4.69) is 4.98 Å². The molecule has 0 bridgehead atoms. The predicted octanol–water partition coefficient (Wildman–Crippen LogP) is 3.98. The van der Waals surface area contributed by atoms with Crippen LogP contribution in [0.1, 0.15) is 25.8 Å². The number of nitrogens with zero attached hydrogens (tertiary/aromatic N) is 6. The maximum absolute atomic E-state index is 13.8. The number of nitrogens with two attached hydrogens (primary N) is 1. The van der Waals surface area contributed by atoms with Crippen LogP contribution < -0.4 is 16.2 Å². The van der Waals surface area contributed by atoms with Crippen LogP contribution in [0.25, 0.3) is 22.5 Å². The number of hydrogen-bond acceptors (Lipinski definition) is 6. The summed E-state index contributed by atoms with van der Waals surface area (Å²) in [5.41, 5.74) is 9.55. The lowest BCUT2D eigenvalue weighted by molar-refractivity contribution is -0.130. The van der Waals surface area contributed by atoms with Gasteiger partial charge in [-0.25, -0.2) is 14.4 Å². The summed E-state index contributed by atoms with van der Waals surface area (Å²) in [6, 6.07) is 15.1. The van der Waals surface area contributed by atoms with Crippen molar-refractivity contribution in [2.24, 2.45) is 7.05 Å². The molecule has 0 aliphatic carbocycles. The summed E-state index contributed by atoms with van der Waals surface area (Å²) in [6.45, 7) is 2.77. The molecule has 0 spiro atoms. The van der Waals surface area contributed by atoms with Crippen molar-refractivity contribution in [2.45, 2.75) is 25.8 Å². The van der Waals surface area contributed by atoms with E-state index in [1.807, 2.05) is 40.9 Å². The Labute approximate surface area is 219 Å². The lowest BCUT2D eigenvalue weighted by Gasteiger charge is -2.33. The first-order valence-corrected chi connectivity index (χ1v) is 12.5. The molecule has 38 heavy (non-hydrogen) atoms. The molecule has 1 fully saturated rings. The fraction of sp³-hybridized carbons (Fsp3) is 0.286. The van der Waals surface area contributed by atoms with E-state index in [0.29, 0.717) is 60.1 Å². The molecule has 2 aromatic heterocycles. The molecular formula is C28H30FN7O2. The number of para-hydroxylation sites is 2. The van der Waals surface area contributed by atoms with Gasteiger partial charge < -0.3 is 15.5 Å². The number of anilines is 3. The van der Waals surface area contributed by atoms with Gasteiger partial charge in [-0.3, -0.25) is 19.0 Å². The Hall–Kier alpha value is -4.47. The second kappa shape index (κ2) is 10.1. The number of halogens is 1. The highest BCUT2D eigenvalue weighted by atomic mass is 19.1. The Morgan fingerprint density at radius 3 is 2.42 bits per heavy atom.